The molecule has 0 aliphatic heterocycles. The minimum absolute atomic E-state index is 0. The van der Waals surface area contributed by atoms with Gasteiger partial charge in [0, 0.05) is 5.69 Å². The Balaban J connectivity index is 0.00000288. The van der Waals surface area contributed by atoms with Crippen LogP contribution in [0.15, 0.2) is 53.5 Å². The van der Waals surface area contributed by atoms with Crippen LogP contribution in [0.4, 0.5) is 5.69 Å². The van der Waals surface area contributed by atoms with Crippen LogP contribution in [0.25, 0.3) is 0 Å². The topological polar surface area (TPSA) is 68.9 Å². The average molecular weight is 437 g/mol. The van der Waals surface area contributed by atoms with E-state index in [9.17, 15) is 0 Å². The van der Waals surface area contributed by atoms with E-state index in [1.807, 2.05) is 48.5 Å². The number of halogens is 1. The molecule has 2 aromatic carbocycles. The number of anilines is 1. The molecule has 24 heavy (non-hydrogen) atoms. The third kappa shape index (κ3) is 6.01. The summed E-state index contributed by atoms with van der Waals surface area (Å²) in [6, 6.07) is 15.2. The maximum Gasteiger partial charge on any atom is 0.193 e. The Morgan fingerprint density at radius 3 is 2.62 bits per heavy atom. The quantitative estimate of drug-likeness (QED) is 0.315. The van der Waals surface area contributed by atoms with Crippen LogP contribution in [0.3, 0.4) is 0 Å². The van der Waals surface area contributed by atoms with Gasteiger partial charge in [-0.25, -0.2) is 4.99 Å². The summed E-state index contributed by atoms with van der Waals surface area (Å²) in [4.78, 5) is 4.31. The van der Waals surface area contributed by atoms with Crippen molar-refractivity contribution in [1.29, 1.82) is 0 Å². The number of hydrogen-bond acceptors (Lipinski definition) is 3. The number of aliphatic imine (C=N–C) groups is 1. The van der Waals surface area contributed by atoms with E-state index in [0.29, 0.717) is 24.0 Å². The molecule has 0 unspecified atom stereocenters. The van der Waals surface area contributed by atoms with E-state index in [4.69, 9.17) is 21.6 Å². The zero-order valence-corrected chi connectivity index (χ0v) is 15.7. The molecule has 0 saturated heterocycles. The van der Waals surface area contributed by atoms with Crippen molar-refractivity contribution in [3.05, 3.63) is 54.1 Å². The Labute approximate surface area is 159 Å². The van der Waals surface area contributed by atoms with Gasteiger partial charge in [-0.3, -0.25) is 0 Å². The molecule has 3 N–H and O–H groups in total. The third-order valence-corrected chi connectivity index (χ3v) is 3.02. The molecule has 0 fully saturated rings. The van der Waals surface area contributed by atoms with E-state index in [2.05, 4.69) is 16.2 Å². The predicted molar refractivity (Wildman–Crippen MR) is 108 cm³/mol. The summed E-state index contributed by atoms with van der Waals surface area (Å²) < 4.78 is 10.7. The van der Waals surface area contributed by atoms with Crippen LogP contribution in [-0.2, 0) is 6.54 Å². The highest BCUT2D eigenvalue weighted by molar-refractivity contribution is 14.0. The van der Waals surface area contributed by atoms with E-state index >= 15 is 0 Å². The number of rotatable bonds is 6. The monoisotopic (exact) mass is 437 g/mol. The SMILES string of the molecule is C#CCOc1cc(CN=C(N)Nc2ccccc2)ccc1OC.I. The summed E-state index contributed by atoms with van der Waals surface area (Å²) in [5, 5.41) is 3.03. The summed E-state index contributed by atoms with van der Waals surface area (Å²) in [5.74, 6) is 3.99. The highest BCUT2D eigenvalue weighted by Crippen LogP contribution is 2.28. The summed E-state index contributed by atoms with van der Waals surface area (Å²) in [6.45, 7) is 0.600. The van der Waals surface area contributed by atoms with Gasteiger partial charge < -0.3 is 20.5 Å². The number of nitrogens with two attached hydrogens (primary N) is 1. The maximum atomic E-state index is 5.88. The molecule has 0 heterocycles. The molecule has 2 aromatic rings. The van der Waals surface area contributed by atoms with Gasteiger partial charge >= 0.3 is 0 Å². The number of ether oxygens (including phenoxy) is 2. The minimum atomic E-state index is 0. The van der Waals surface area contributed by atoms with Gasteiger partial charge in [-0.1, -0.05) is 30.2 Å². The maximum absolute atomic E-state index is 5.88. The van der Waals surface area contributed by atoms with Crippen LogP contribution in [0.5, 0.6) is 11.5 Å². The summed E-state index contributed by atoms with van der Waals surface area (Å²) in [7, 11) is 1.58. The lowest BCUT2D eigenvalue weighted by Crippen LogP contribution is -2.22. The average Bonchev–Trinajstić information content (AvgIpc) is 2.59. The molecular formula is C18H20IN3O2. The van der Waals surface area contributed by atoms with E-state index in [1.54, 1.807) is 7.11 Å². The molecule has 126 valence electrons. The minimum Gasteiger partial charge on any atom is -0.493 e. The molecular weight excluding hydrogens is 417 g/mol. The smallest absolute Gasteiger partial charge is 0.193 e. The van der Waals surface area contributed by atoms with Crippen molar-refractivity contribution in [2.24, 2.45) is 10.7 Å². The van der Waals surface area contributed by atoms with Crippen LogP contribution in [0, 0.1) is 12.3 Å². The van der Waals surface area contributed by atoms with Crippen LogP contribution in [0.2, 0.25) is 0 Å². The number of para-hydroxylation sites is 1. The molecule has 5 nitrogen and oxygen atoms in total. The zero-order valence-electron chi connectivity index (χ0n) is 13.4. The number of methoxy groups -OCH3 is 1. The van der Waals surface area contributed by atoms with Gasteiger partial charge in [0.05, 0.1) is 13.7 Å². The van der Waals surface area contributed by atoms with Gasteiger partial charge in [0.15, 0.2) is 17.5 Å². The van der Waals surface area contributed by atoms with Crippen LogP contribution >= 0.6 is 24.0 Å². The van der Waals surface area contributed by atoms with Crippen LogP contribution < -0.4 is 20.5 Å². The number of guanidine groups is 1. The number of nitrogens with one attached hydrogen (secondary N) is 1. The Morgan fingerprint density at radius 1 is 1.21 bits per heavy atom. The summed E-state index contributed by atoms with van der Waals surface area (Å²) in [6.07, 6.45) is 5.22. The molecule has 0 aromatic heterocycles. The van der Waals surface area contributed by atoms with Crippen LogP contribution in [-0.4, -0.2) is 19.7 Å². The van der Waals surface area contributed by atoms with E-state index < -0.39 is 0 Å². The second kappa shape index (κ2) is 10.4. The Kier molecular flexibility index (Phi) is 8.50. The number of hydrogen-bond donors (Lipinski definition) is 2. The lowest BCUT2D eigenvalue weighted by molar-refractivity contribution is 0.330. The molecule has 0 atom stereocenters. The number of nitrogens with zero attached hydrogens (tertiary/aromatic N) is 1. The largest absolute Gasteiger partial charge is 0.493 e. The second-order valence-electron chi connectivity index (χ2n) is 4.67. The van der Waals surface area contributed by atoms with Crippen LogP contribution in [0.1, 0.15) is 5.56 Å². The van der Waals surface area contributed by atoms with Crippen molar-refractivity contribution in [3.63, 3.8) is 0 Å². The molecule has 0 aliphatic carbocycles. The lowest BCUT2D eigenvalue weighted by atomic mass is 10.2. The fourth-order valence-corrected chi connectivity index (χ4v) is 1.94. The van der Waals surface area contributed by atoms with Crippen molar-refractivity contribution in [2.75, 3.05) is 19.0 Å². The molecule has 2 rings (SSSR count). The molecule has 0 bridgehead atoms. The van der Waals surface area contributed by atoms with E-state index in [0.717, 1.165) is 11.3 Å². The van der Waals surface area contributed by atoms with E-state index in [1.165, 1.54) is 0 Å². The molecule has 6 heteroatoms. The van der Waals surface area contributed by atoms with Crippen molar-refractivity contribution < 1.29 is 9.47 Å². The lowest BCUT2D eigenvalue weighted by Gasteiger charge is -2.10. The third-order valence-electron chi connectivity index (χ3n) is 3.02. The normalized spacial score (nSPS) is 10.2. The van der Waals surface area contributed by atoms with Crippen molar-refractivity contribution >= 4 is 35.6 Å². The Bertz CT molecular complexity index is 712. The van der Waals surface area contributed by atoms with Crippen molar-refractivity contribution in [2.45, 2.75) is 6.54 Å². The van der Waals surface area contributed by atoms with Gasteiger partial charge in [-0.2, -0.15) is 0 Å². The first-order chi connectivity index (χ1) is 11.2. The molecule has 0 amide bonds. The second-order valence-corrected chi connectivity index (χ2v) is 4.67. The zero-order chi connectivity index (χ0) is 16.5. The molecule has 0 aliphatic rings. The summed E-state index contributed by atoms with van der Waals surface area (Å²) in [5.41, 5.74) is 7.72. The van der Waals surface area contributed by atoms with E-state index in [-0.39, 0.29) is 30.6 Å². The molecule has 0 spiro atoms. The number of benzene rings is 2. The molecule has 0 radical (unpaired) electrons. The number of terminal acetylenes is 1. The fourth-order valence-electron chi connectivity index (χ4n) is 1.94. The Morgan fingerprint density at radius 2 is 1.96 bits per heavy atom. The first kappa shape index (κ1) is 19.6. The van der Waals surface area contributed by atoms with Gasteiger partial charge in [0.25, 0.3) is 0 Å². The van der Waals surface area contributed by atoms with Gasteiger partial charge in [0.2, 0.25) is 0 Å². The molecule has 0 saturated carbocycles. The first-order valence-corrected chi connectivity index (χ1v) is 7.08. The van der Waals surface area contributed by atoms with Gasteiger partial charge in [-0.15, -0.1) is 30.4 Å². The Hall–Kier alpha value is -2.40. The summed E-state index contributed by atoms with van der Waals surface area (Å²) >= 11 is 0. The van der Waals surface area contributed by atoms with Gasteiger partial charge in [-0.05, 0) is 29.8 Å². The highest BCUT2D eigenvalue weighted by Gasteiger charge is 2.05. The van der Waals surface area contributed by atoms with Crippen molar-refractivity contribution in [3.8, 4) is 23.8 Å². The standard InChI is InChI=1S/C18H19N3O2.HI/c1-3-11-23-17-12-14(9-10-16(17)22-2)13-20-18(19)21-15-7-5-4-6-8-15;/h1,4-10,12H,11,13H2,2H3,(H3,19,20,21);1H. The first-order valence-electron chi connectivity index (χ1n) is 7.08. The predicted octanol–water partition coefficient (Wildman–Crippen LogP) is 3.25. The van der Waals surface area contributed by atoms with Crippen molar-refractivity contribution in [1.82, 2.24) is 0 Å². The van der Waals surface area contributed by atoms with Gasteiger partial charge in [0.1, 0.15) is 6.61 Å². The fraction of sp³-hybridized carbons (Fsp3) is 0.167. The highest BCUT2D eigenvalue weighted by atomic mass is 127.